The minimum atomic E-state index is -3.83. The molecule has 0 radical (unpaired) electrons. The maximum absolute atomic E-state index is 13.4. The first kappa shape index (κ1) is 20.1. The van der Waals surface area contributed by atoms with Crippen molar-refractivity contribution in [3.63, 3.8) is 0 Å². The van der Waals surface area contributed by atoms with Crippen LogP contribution in [0.4, 0.5) is 5.69 Å². The molecule has 1 saturated heterocycles. The van der Waals surface area contributed by atoms with Crippen LogP contribution in [0, 0.1) is 0 Å². The Balaban J connectivity index is 1.42. The molecular formula is C21H20N4O4S2. The second-order valence-corrected chi connectivity index (χ2v) is 10.8. The lowest BCUT2D eigenvalue weighted by molar-refractivity contribution is -0.121. The summed E-state index contributed by atoms with van der Waals surface area (Å²) in [6.07, 6.45) is 1.93. The Hall–Kier alpha value is -2.82. The first-order chi connectivity index (χ1) is 14.9. The van der Waals surface area contributed by atoms with E-state index in [4.69, 9.17) is 0 Å². The molecule has 2 aliphatic heterocycles. The van der Waals surface area contributed by atoms with Crippen molar-refractivity contribution in [1.82, 2.24) is 14.5 Å². The normalized spacial score (nSPS) is 19.0. The number of thiophene rings is 1. The second kappa shape index (κ2) is 7.70. The molecule has 0 aliphatic carbocycles. The number of carbonyl (C=O) groups excluding carboxylic acids is 1. The molecule has 2 aliphatic rings. The largest absolute Gasteiger partial charge is 0.310 e. The lowest BCUT2D eigenvalue weighted by atomic mass is 10.1. The van der Waals surface area contributed by atoms with Gasteiger partial charge in [0.25, 0.3) is 15.6 Å². The van der Waals surface area contributed by atoms with Gasteiger partial charge in [0.15, 0.2) is 0 Å². The number of para-hydroxylation sites is 1. The van der Waals surface area contributed by atoms with Crippen LogP contribution in [-0.4, -0.2) is 48.0 Å². The summed E-state index contributed by atoms with van der Waals surface area (Å²) in [5, 5.41) is 6.32. The molecule has 0 spiro atoms. The Kier molecular flexibility index (Phi) is 4.99. The number of benzene rings is 1. The highest BCUT2D eigenvalue weighted by molar-refractivity contribution is 7.91. The molecule has 8 nitrogen and oxygen atoms in total. The molecule has 2 aromatic heterocycles. The molecule has 5 rings (SSSR count). The van der Waals surface area contributed by atoms with Gasteiger partial charge in [0.1, 0.15) is 15.9 Å². The van der Waals surface area contributed by atoms with Crippen LogP contribution in [0.15, 0.2) is 57.5 Å². The SMILES string of the molecule is O=C([C@@H]1CCCN1S(=O)(=O)c1ccc(-c2ccc(=O)[nH]n2)s1)N1CCc2ccccc21. The summed E-state index contributed by atoms with van der Waals surface area (Å²) in [6, 6.07) is 13.2. The van der Waals surface area contributed by atoms with Gasteiger partial charge in [-0.05, 0) is 49.1 Å². The molecule has 1 amide bonds. The quantitative estimate of drug-likeness (QED) is 0.649. The Labute approximate surface area is 183 Å². The van der Waals surface area contributed by atoms with Crippen molar-refractivity contribution in [2.75, 3.05) is 18.0 Å². The van der Waals surface area contributed by atoms with Crippen molar-refractivity contribution in [3.8, 4) is 10.6 Å². The molecule has 10 heteroatoms. The van der Waals surface area contributed by atoms with Crippen molar-refractivity contribution >= 4 is 33.0 Å². The number of sulfonamides is 1. The molecule has 0 unspecified atom stereocenters. The zero-order chi connectivity index (χ0) is 21.6. The molecule has 4 heterocycles. The average molecular weight is 457 g/mol. The van der Waals surface area contributed by atoms with Crippen LogP contribution in [0.2, 0.25) is 0 Å². The minimum absolute atomic E-state index is 0.162. The van der Waals surface area contributed by atoms with Gasteiger partial charge in [-0.1, -0.05) is 18.2 Å². The van der Waals surface area contributed by atoms with Crippen molar-refractivity contribution < 1.29 is 13.2 Å². The molecule has 1 fully saturated rings. The van der Waals surface area contributed by atoms with Crippen molar-refractivity contribution in [3.05, 3.63) is 64.4 Å². The number of nitrogens with zero attached hydrogens (tertiary/aromatic N) is 3. The predicted molar refractivity (Wildman–Crippen MR) is 118 cm³/mol. The number of anilines is 1. The van der Waals surface area contributed by atoms with Crippen LogP contribution >= 0.6 is 11.3 Å². The van der Waals surface area contributed by atoms with Gasteiger partial charge in [-0.25, -0.2) is 13.5 Å². The van der Waals surface area contributed by atoms with Crippen LogP contribution in [0.5, 0.6) is 0 Å². The summed E-state index contributed by atoms with van der Waals surface area (Å²) in [4.78, 5) is 26.9. The van der Waals surface area contributed by atoms with Crippen molar-refractivity contribution in [2.45, 2.75) is 29.5 Å². The first-order valence-electron chi connectivity index (χ1n) is 10.0. The van der Waals surface area contributed by atoms with Crippen LogP contribution in [0.3, 0.4) is 0 Å². The molecule has 3 aromatic rings. The molecular weight excluding hydrogens is 436 g/mol. The van der Waals surface area contributed by atoms with Gasteiger partial charge < -0.3 is 4.90 Å². The Morgan fingerprint density at radius 1 is 1.10 bits per heavy atom. The van der Waals surface area contributed by atoms with Crippen molar-refractivity contribution in [1.29, 1.82) is 0 Å². The number of amides is 1. The smallest absolute Gasteiger partial charge is 0.264 e. The topological polar surface area (TPSA) is 103 Å². The third-order valence-corrected chi connectivity index (χ3v) is 9.20. The molecule has 0 saturated carbocycles. The maximum atomic E-state index is 13.4. The van der Waals surface area contributed by atoms with E-state index in [-0.39, 0.29) is 15.7 Å². The Morgan fingerprint density at radius 2 is 1.94 bits per heavy atom. The predicted octanol–water partition coefficient (Wildman–Crippen LogP) is 2.24. The second-order valence-electron chi connectivity index (χ2n) is 7.57. The molecule has 31 heavy (non-hydrogen) atoms. The van der Waals surface area contributed by atoms with Crippen LogP contribution in [0.1, 0.15) is 18.4 Å². The highest BCUT2D eigenvalue weighted by Crippen LogP contribution is 2.36. The van der Waals surface area contributed by atoms with E-state index in [9.17, 15) is 18.0 Å². The number of aromatic nitrogens is 2. The molecule has 1 aromatic carbocycles. The number of hydrogen-bond donors (Lipinski definition) is 1. The monoisotopic (exact) mass is 456 g/mol. The Morgan fingerprint density at radius 3 is 2.74 bits per heavy atom. The zero-order valence-corrected chi connectivity index (χ0v) is 18.2. The Bertz CT molecular complexity index is 1290. The van der Waals surface area contributed by atoms with E-state index in [0.29, 0.717) is 36.5 Å². The van der Waals surface area contributed by atoms with E-state index >= 15 is 0 Å². The average Bonchev–Trinajstić information content (AvgIpc) is 3.53. The van der Waals surface area contributed by atoms with E-state index < -0.39 is 16.1 Å². The van der Waals surface area contributed by atoms with Crippen LogP contribution in [0.25, 0.3) is 10.6 Å². The lowest BCUT2D eigenvalue weighted by Crippen LogP contribution is -2.47. The third kappa shape index (κ3) is 3.50. The molecule has 1 N–H and O–H groups in total. The highest BCUT2D eigenvalue weighted by atomic mass is 32.2. The lowest BCUT2D eigenvalue weighted by Gasteiger charge is -2.27. The summed E-state index contributed by atoms with van der Waals surface area (Å²) in [6.45, 7) is 0.891. The van der Waals surface area contributed by atoms with Gasteiger partial charge in [-0.2, -0.15) is 9.40 Å². The number of nitrogens with one attached hydrogen (secondary N) is 1. The highest BCUT2D eigenvalue weighted by Gasteiger charge is 2.43. The minimum Gasteiger partial charge on any atom is -0.310 e. The number of rotatable bonds is 4. The number of aromatic amines is 1. The summed E-state index contributed by atoms with van der Waals surface area (Å²) < 4.78 is 28.3. The first-order valence-corrected chi connectivity index (χ1v) is 12.3. The fourth-order valence-corrected chi connectivity index (χ4v) is 7.27. The summed E-state index contributed by atoms with van der Waals surface area (Å²) in [5.41, 5.74) is 2.16. The standard InChI is InChI=1S/C21H20N4O4S2/c26-19-9-7-15(22-23-19)18-8-10-20(30-18)31(28,29)25-12-3-6-17(25)21(27)24-13-11-14-4-1-2-5-16(14)24/h1-2,4-5,7-10,17H,3,6,11-13H2,(H,23,26)/t17-/m0/s1. The van der Waals surface area contributed by atoms with E-state index in [1.807, 2.05) is 24.3 Å². The van der Waals surface area contributed by atoms with Gasteiger partial charge >= 0.3 is 0 Å². The number of carbonyl (C=O) groups is 1. The van der Waals surface area contributed by atoms with E-state index in [2.05, 4.69) is 10.2 Å². The van der Waals surface area contributed by atoms with Gasteiger partial charge in [0.2, 0.25) is 5.91 Å². The maximum Gasteiger partial charge on any atom is 0.264 e. The van der Waals surface area contributed by atoms with E-state index in [1.54, 1.807) is 17.0 Å². The van der Waals surface area contributed by atoms with Gasteiger partial charge in [-0.15, -0.1) is 11.3 Å². The molecule has 1 atom stereocenters. The summed E-state index contributed by atoms with van der Waals surface area (Å²) >= 11 is 1.08. The molecule has 160 valence electrons. The van der Waals surface area contributed by atoms with E-state index in [1.165, 1.54) is 16.4 Å². The number of fused-ring (bicyclic) bond motifs is 1. The van der Waals surface area contributed by atoms with Gasteiger partial charge in [-0.3, -0.25) is 9.59 Å². The molecule has 0 bridgehead atoms. The number of hydrogen-bond acceptors (Lipinski definition) is 6. The van der Waals surface area contributed by atoms with Gasteiger partial charge in [0, 0.05) is 24.8 Å². The van der Waals surface area contributed by atoms with Gasteiger partial charge in [0.05, 0.1) is 4.88 Å². The van der Waals surface area contributed by atoms with E-state index in [0.717, 1.165) is 29.0 Å². The van der Waals surface area contributed by atoms with Crippen molar-refractivity contribution in [2.24, 2.45) is 0 Å². The summed E-state index contributed by atoms with van der Waals surface area (Å²) in [7, 11) is -3.83. The number of H-pyrrole nitrogens is 1. The fourth-order valence-electron chi connectivity index (χ4n) is 4.22. The summed E-state index contributed by atoms with van der Waals surface area (Å²) in [5.74, 6) is -0.162. The zero-order valence-electron chi connectivity index (χ0n) is 16.5. The third-order valence-electron chi connectivity index (χ3n) is 5.72. The fraction of sp³-hybridized carbons (Fsp3) is 0.286. The van der Waals surface area contributed by atoms with Crippen LogP contribution < -0.4 is 10.5 Å². The van der Waals surface area contributed by atoms with Crippen LogP contribution in [-0.2, 0) is 21.2 Å².